The molecule has 1 aliphatic rings. The van der Waals surface area contributed by atoms with Crippen molar-refractivity contribution >= 4 is 11.6 Å². The van der Waals surface area contributed by atoms with Gasteiger partial charge in [0, 0.05) is 17.6 Å². The Hall–Kier alpha value is -1.79. The van der Waals surface area contributed by atoms with Crippen molar-refractivity contribution in [1.29, 1.82) is 0 Å². The second kappa shape index (κ2) is 6.78. The number of ketones is 2. The van der Waals surface area contributed by atoms with Crippen LogP contribution < -0.4 is 0 Å². The summed E-state index contributed by atoms with van der Waals surface area (Å²) < 4.78 is 46.0. The maximum absolute atomic E-state index is 12.2. The number of carbonyl (C=O) groups excluding carboxylic acids is 2. The van der Waals surface area contributed by atoms with Crippen molar-refractivity contribution in [2.75, 3.05) is 14.2 Å². The lowest BCUT2D eigenvalue weighted by Crippen LogP contribution is -2.25. The molecule has 0 radical (unpaired) electrons. The summed E-state index contributed by atoms with van der Waals surface area (Å²) in [5.41, 5.74) is 0.393. The fourth-order valence-electron chi connectivity index (χ4n) is 2.12. The van der Waals surface area contributed by atoms with Gasteiger partial charge in [0.05, 0.1) is 14.2 Å². The number of hydrogen-bond acceptors (Lipinski definition) is 4. The molecule has 1 rings (SSSR count). The highest BCUT2D eigenvalue weighted by molar-refractivity contribution is 6.23. The zero-order valence-corrected chi connectivity index (χ0v) is 12.1. The van der Waals surface area contributed by atoms with E-state index in [1.807, 2.05) is 0 Å². The van der Waals surface area contributed by atoms with Gasteiger partial charge < -0.3 is 9.47 Å². The number of unbranched alkanes of at least 4 members (excludes halogenated alkanes) is 1. The molecule has 0 aromatic carbocycles. The lowest BCUT2D eigenvalue weighted by Gasteiger charge is -2.20. The molecular formula is C14H17F3O4. The number of rotatable bonds is 6. The van der Waals surface area contributed by atoms with Crippen LogP contribution in [-0.2, 0) is 19.1 Å². The van der Waals surface area contributed by atoms with Crippen LogP contribution in [0.3, 0.4) is 0 Å². The van der Waals surface area contributed by atoms with Crippen LogP contribution in [0.4, 0.5) is 13.2 Å². The molecule has 21 heavy (non-hydrogen) atoms. The molecule has 0 spiro atoms. The Morgan fingerprint density at radius 2 is 1.48 bits per heavy atom. The molecule has 0 amide bonds. The molecule has 1 aliphatic carbocycles. The molecule has 0 aliphatic heterocycles. The van der Waals surface area contributed by atoms with E-state index in [0.29, 0.717) is 0 Å². The lowest BCUT2D eigenvalue weighted by molar-refractivity contribution is -0.135. The van der Waals surface area contributed by atoms with Crippen LogP contribution in [0.1, 0.15) is 32.6 Å². The first kappa shape index (κ1) is 17.3. The van der Waals surface area contributed by atoms with Gasteiger partial charge in [0.15, 0.2) is 0 Å². The van der Waals surface area contributed by atoms with Crippen molar-refractivity contribution < 1.29 is 32.2 Å². The summed E-state index contributed by atoms with van der Waals surface area (Å²) in [7, 11) is 2.49. The fraction of sp³-hybridized carbons (Fsp3) is 0.571. The van der Waals surface area contributed by atoms with Crippen LogP contribution in [0.5, 0.6) is 0 Å². The highest BCUT2D eigenvalue weighted by Gasteiger charge is 2.34. The highest BCUT2D eigenvalue weighted by Crippen LogP contribution is 2.30. The molecule has 0 fully saturated rings. The van der Waals surface area contributed by atoms with E-state index in [2.05, 4.69) is 0 Å². The molecule has 0 unspecified atom stereocenters. The van der Waals surface area contributed by atoms with E-state index < -0.39 is 24.2 Å². The SMILES string of the molecule is COC1=C(OC)C(=O)C(CCCCC(F)(F)F)=C(C)C1=O. The first-order chi connectivity index (χ1) is 9.72. The third kappa shape index (κ3) is 4.09. The summed E-state index contributed by atoms with van der Waals surface area (Å²) in [5, 5.41) is 0. The number of carbonyl (C=O) groups is 2. The molecule has 0 N–H and O–H groups in total. The summed E-state index contributed by atoms with van der Waals surface area (Å²) in [5.74, 6) is -1.34. The van der Waals surface area contributed by atoms with Gasteiger partial charge in [-0.3, -0.25) is 9.59 Å². The monoisotopic (exact) mass is 306 g/mol. The maximum Gasteiger partial charge on any atom is 0.389 e. The molecule has 0 bridgehead atoms. The van der Waals surface area contributed by atoms with Crippen molar-refractivity contribution in [3.05, 3.63) is 22.7 Å². The quantitative estimate of drug-likeness (QED) is 0.559. The van der Waals surface area contributed by atoms with E-state index in [1.54, 1.807) is 0 Å². The Kier molecular flexibility index (Phi) is 5.57. The average molecular weight is 306 g/mol. The Labute approximate surface area is 120 Å². The molecular weight excluding hydrogens is 289 g/mol. The Bertz CT molecular complexity index is 501. The standard InChI is InChI=1S/C14H17F3O4/c1-8-9(6-4-5-7-14(15,16)17)11(19)13(21-3)12(20-2)10(8)18/h4-7H2,1-3H3. The Morgan fingerprint density at radius 3 is 1.95 bits per heavy atom. The molecule has 4 nitrogen and oxygen atoms in total. The predicted octanol–water partition coefficient (Wildman–Crippen LogP) is 3.08. The second-order valence-electron chi connectivity index (χ2n) is 4.65. The number of halogens is 3. The molecule has 0 aromatic rings. The first-order valence-electron chi connectivity index (χ1n) is 6.41. The number of methoxy groups -OCH3 is 2. The largest absolute Gasteiger partial charge is 0.489 e. The first-order valence-corrected chi connectivity index (χ1v) is 6.41. The highest BCUT2D eigenvalue weighted by atomic mass is 19.4. The maximum atomic E-state index is 12.2. The molecule has 0 heterocycles. The van der Waals surface area contributed by atoms with E-state index in [9.17, 15) is 22.8 Å². The van der Waals surface area contributed by atoms with Gasteiger partial charge in [0.2, 0.25) is 23.1 Å². The summed E-state index contributed by atoms with van der Waals surface area (Å²) in [6.45, 7) is 1.46. The van der Waals surface area contributed by atoms with Crippen LogP contribution in [0.15, 0.2) is 22.7 Å². The van der Waals surface area contributed by atoms with Gasteiger partial charge in [-0.15, -0.1) is 0 Å². The number of allylic oxidation sites excluding steroid dienone is 2. The van der Waals surface area contributed by atoms with Crippen molar-refractivity contribution in [3.8, 4) is 0 Å². The van der Waals surface area contributed by atoms with Crippen molar-refractivity contribution in [1.82, 2.24) is 0 Å². The van der Waals surface area contributed by atoms with Crippen molar-refractivity contribution in [3.63, 3.8) is 0 Å². The van der Waals surface area contributed by atoms with Gasteiger partial charge in [-0.1, -0.05) is 0 Å². The van der Waals surface area contributed by atoms with E-state index in [0.717, 1.165) is 0 Å². The summed E-state index contributed by atoms with van der Waals surface area (Å²) >= 11 is 0. The minimum atomic E-state index is -4.21. The van der Waals surface area contributed by atoms with E-state index in [4.69, 9.17) is 9.47 Å². The zero-order chi connectivity index (χ0) is 16.2. The molecule has 118 valence electrons. The van der Waals surface area contributed by atoms with E-state index in [1.165, 1.54) is 21.1 Å². The van der Waals surface area contributed by atoms with Gasteiger partial charge in [-0.05, 0) is 26.2 Å². The normalized spacial score (nSPS) is 16.7. The Morgan fingerprint density at radius 1 is 0.952 bits per heavy atom. The lowest BCUT2D eigenvalue weighted by atomic mass is 9.89. The number of Topliss-reactive ketones (excluding diaryl/α,β-unsaturated/α-hetero) is 2. The zero-order valence-electron chi connectivity index (χ0n) is 12.1. The fourth-order valence-corrected chi connectivity index (χ4v) is 2.12. The van der Waals surface area contributed by atoms with Gasteiger partial charge in [-0.2, -0.15) is 13.2 Å². The number of alkyl halides is 3. The van der Waals surface area contributed by atoms with Crippen molar-refractivity contribution in [2.45, 2.75) is 38.8 Å². The van der Waals surface area contributed by atoms with Gasteiger partial charge in [0.25, 0.3) is 0 Å². The second-order valence-corrected chi connectivity index (χ2v) is 4.65. The smallest absolute Gasteiger partial charge is 0.389 e. The third-order valence-electron chi connectivity index (χ3n) is 3.23. The van der Waals surface area contributed by atoms with Gasteiger partial charge >= 0.3 is 6.18 Å². The minimum Gasteiger partial charge on any atom is -0.489 e. The number of ether oxygens (including phenoxy) is 2. The van der Waals surface area contributed by atoms with Crippen LogP contribution in [-0.4, -0.2) is 32.0 Å². The van der Waals surface area contributed by atoms with Crippen LogP contribution >= 0.6 is 0 Å². The topological polar surface area (TPSA) is 52.6 Å². The molecule has 7 heteroatoms. The van der Waals surface area contributed by atoms with Crippen LogP contribution in [0, 0.1) is 0 Å². The summed E-state index contributed by atoms with van der Waals surface area (Å²) in [6, 6.07) is 0. The van der Waals surface area contributed by atoms with Crippen molar-refractivity contribution in [2.24, 2.45) is 0 Å². The molecule has 0 aromatic heterocycles. The summed E-state index contributed by atoms with van der Waals surface area (Å²) in [4.78, 5) is 24.2. The van der Waals surface area contributed by atoms with Gasteiger partial charge in [-0.25, -0.2) is 0 Å². The van der Waals surface area contributed by atoms with Crippen LogP contribution in [0.2, 0.25) is 0 Å². The van der Waals surface area contributed by atoms with Gasteiger partial charge in [0.1, 0.15) is 0 Å². The average Bonchev–Trinajstić information content (AvgIpc) is 2.40. The number of hydrogen-bond donors (Lipinski definition) is 0. The van der Waals surface area contributed by atoms with E-state index in [-0.39, 0.29) is 41.9 Å². The third-order valence-corrected chi connectivity index (χ3v) is 3.23. The molecule has 0 saturated heterocycles. The molecule has 0 atom stereocenters. The molecule has 0 saturated carbocycles. The summed E-state index contributed by atoms with van der Waals surface area (Å²) in [6.07, 6.45) is -4.93. The van der Waals surface area contributed by atoms with Crippen LogP contribution in [0.25, 0.3) is 0 Å². The van der Waals surface area contributed by atoms with E-state index >= 15 is 0 Å². The minimum absolute atomic E-state index is 0.0923. The Balaban J connectivity index is 2.81. The predicted molar refractivity (Wildman–Crippen MR) is 68.3 cm³/mol.